The van der Waals surface area contributed by atoms with Gasteiger partial charge in [-0.05, 0) is 12.2 Å². The third-order valence-electron chi connectivity index (χ3n) is 2.01. The molecule has 5 nitrogen and oxygen atoms in total. The molecule has 0 spiro atoms. The smallest absolute Gasteiger partial charge is 0.358 e. The zero-order chi connectivity index (χ0) is 9.26. The number of thioether (sulfide) groups is 1. The Balaban J connectivity index is 2.16. The maximum atomic E-state index is 10.5. The molecule has 1 aliphatic heterocycles. The Morgan fingerprint density at radius 3 is 3.15 bits per heavy atom. The standard InChI is InChI=1S/C7H9N3O2S/c11-7(12)6-3-10(9-8-6)5-1-2-13-4-5/h3,5H,1-2,4H2,(H,11,12)/t5-/m0/s1. The zero-order valence-electron chi connectivity index (χ0n) is 6.88. The highest BCUT2D eigenvalue weighted by molar-refractivity contribution is 7.99. The summed E-state index contributed by atoms with van der Waals surface area (Å²) in [7, 11) is 0. The fraction of sp³-hybridized carbons (Fsp3) is 0.571. The van der Waals surface area contributed by atoms with Crippen LogP contribution < -0.4 is 0 Å². The Hall–Kier alpha value is -1.04. The minimum Gasteiger partial charge on any atom is -0.476 e. The first-order chi connectivity index (χ1) is 6.27. The van der Waals surface area contributed by atoms with Gasteiger partial charge in [-0.2, -0.15) is 11.8 Å². The van der Waals surface area contributed by atoms with E-state index in [0.29, 0.717) is 6.04 Å². The molecule has 1 aromatic rings. The van der Waals surface area contributed by atoms with Gasteiger partial charge in [0.15, 0.2) is 5.69 Å². The first-order valence-electron chi connectivity index (χ1n) is 4.00. The third kappa shape index (κ3) is 1.67. The lowest BCUT2D eigenvalue weighted by Gasteiger charge is -2.05. The molecule has 0 unspecified atom stereocenters. The highest BCUT2D eigenvalue weighted by Crippen LogP contribution is 2.26. The summed E-state index contributed by atoms with van der Waals surface area (Å²) in [4.78, 5) is 10.5. The molecule has 1 fully saturated rings. The molecule has 1 atom stereocenters. The topological polar surface area (TPSA) is 68.0 Å². The van der Waals surface area contributed by atoms with Crippen molar-refractivity contribution in [2.45, 2.75) is 12.5 Å². The van der Waals surface area contributed by atoms with E-state index < -0.39 is 5.97 Å². The van der Waals surface area contributed by atoms with Crippen molar-refractivity contribution in [3.8, 4) is 0 Å². The molecule has 1 saturated heterocycles. The SMILES string of the molecule is O=C(O)c1cn([C@H]2CCSC2)nn1. The van der Waals surface area contributed by atoms with Gasteiger partial charge in [-0.15, -0.1) is 5.10 Å². The van der Waals surface area contributed by atoms with Crippen molar-refractivity contribution in [2.24, 2.45) is 0 Å². The number of carboxylic acids is 1. The molecule has 0 radical (unpaired) electrons. The quantitative estimate of drug-likeness (QED) is 0.757. The van der Waals surface area contributed by atoms with E-state index in [-0.39, 0.29) is 5.69 Å². The summed E-state index contributed by atoms with van der Waals surface area (Å²) < 4.78 is 1.66. The van der Waals surface area contributed by atoms with E-state index in [9.17, 15) is 4.79 Å². The molecule has 0 saturated carbocycles. The number of nitrogens with zero attached hydrogens (tertiary/aromatic N) is 3. The molecule has 1 aromatic heterocycles. The monoisotopic (exact) mass is 199 g/mol. The summed E-state index contributed by atoms with van der Waals surface area (Å²) >= 11 is 1.86. The van der Waals surface area contributed by atoms with Crippen molar-refractivity contribution in [3.63, 3.8) is 0 Å². The number of carbonyl (C=O) groups is 1. The number of carboxylic acid groups (broad SMARTS) is 1. The maximum Gasteiger partial charge on any atom is 0.358 e. The van der Waals surface area contributed by atoms with Crippen LogP contribution in [0.3, 0.4) is 0 Å². The van der Waals surface area contributed by atoms with Gasteiger partial charge < -0.3 is 5.11 Å². The predicted octanol–water partition coefficient (Wildman–Crippen LogP) is 0.654. The van der Waals surface area contributed by atoms with Gasteiger partial charge >= 0.3 is 5.97 Å². The van der Waals surface area contributed by atoms with Crippen molar-refractivity contribution < 1.29 is 9.90 Å². The molecule has 1 N–H and O–H groups in total. The summed E-state index contributed by atoms with van der Waals surface area (Å²) in [6, 6.07) is 0.325. The summed E-state index contributed by atoms with van der Waals surface area (Å²) in [5, 5.41) is 16.0. The molecular weight excluding hydrogens is 190 g/mol. The molecule has 0 aromatic carbocycles. The second kappa shape index (κ2) is 3.37. The van der Waals surface area contributed by atoms with E-state index >= 15 is 0 Å². The van der Waals surface area contributed by atoms with Gasteiger partial charge in [0.05, 0.1) is 12.2 Å². The average molecular weight is 199 g/mol. The number of hydrogen-bond acceptors (Lipinski definition) is 4. The molecule has 13 heavy (non-hydrogen) atoms. The Bertz CT molecular complexity index is 319. The fourth-order valence-corrected chi connectivity index (χ4v) is 2.48. The van der Waals surface area contributed by atoms with Gasteiger partial charge in [-0.25, -0.2) is 9.48 Å². The molecule has 2 heterocycles. The Labute approximate surface area is 79.1 Å². The van der Waals surface area contributed by atoms with Crippen LogP contribution in [0.4, 0.5) is 0 Å². The number of aromatic nitrogens is 3. The van der Waals surface area contributed by atoms with Crippen molar-refractivity contribution in [1.82, 2.24) is 15.0 Å². The van der Waals surface area contributed by atoms with Crippen LogP contribution in [0.5, 0.6) is 0 Å². The van der Waals surface area contributed by atoms with Gasteiger partial charge in [-0.1, -0.05) is 5.21 Å². The molecule has 6 heteroatoms. The van der Waals surface area contributed by atoms with E-state index in [4.69, 9.17) is 5.11 Å². The lowest BCUT2D eigenvalue weighted by molar-refractivity contribution is 0.0690. The van der Waals surface area contributed by atoms with Crippen molar-refractivity contribution in [1.29, 1.82) is 0 Å². The van der Waals surface area contributed by atoms with Crippen LogP contribution >= 0.6 is 11.8 Å². The molecule has 2 rings (SSSR count). The Kier molecular flexibility index (Phi) is 2.22. The highest BCUT2D eigenvalue weighted by atomic mass is 32.2. The normalized spacial score (nSPS) is 22.0. The minimum absolute atomic E-state index is 0.0249. The van der Waals surface area contributed by atoms with Crippen LogP contribution in [-0.2, 0) is 0 Å². The van der Waals surface area contributed by atoms with Crippen LogP contribution in [-0.4, -0.2) is 37.6 Å². The van der Waals surface area contributed by atoms with Crippen LogP contribution in [0.2, 0.25) is 0 Å². The molecule has 0 amide bonds. The number of rotatable bonds is 2. The molecule has 70 valence electrons. The van der Waals surface area contributed by atoms with E-state index in [1.165, 1.54) is 6.20 Å². The third-order valence-corrected chi connectivity index (χ3v) is 3.15. The second-order valence-corrected chi connectivity index (χ2v) is 4.06. The van der Waals surface area contributed by atoms with Crippen LogP contribution in [0.15, 0.2) is 6.20 Å². The fourth-order valence-electron chi connectivity index (χ4n) is 1.28. The average Bonchev–Trinajstić information content (AvgIpc) is 2.75. The minimum atomic E-state index is -1.02. The lowest BCUT2D eigenvalue weighted by atomic mass is 10.3. The molecule has 0 aliphatic carbocycles. The first kappa shape index (κ1) is 8.55. The largest absolute Gasteiger partial charge is 0.476 e. The van der Waals surface area contributed by atoms with Crippen LogP contribution in [0.25, 0.3) is 0 Å². The molecule has 1 aliphatic rings. The van der Waals surface area contributed by atoms with Gasteiger partial charge in [0.25, 0.3) is 0 Å². The number of hydrogen-bond donors (Lipinski definition) is 1. The summed E-state index contributed by atoms with van der Waals surface area (Å²) in [6.45, 7) is 0. The molecular formula is C7H9N3O2S. The molecule has 0 bridgehead atoms. The first-order valence-corrected chi connectivity index (χ1v) is 5.15. The zero-order valence-corrected chi connectivity index (χ0v) is 7.70. The van der Waals surface area contributed by atoms with E-state index in [1.54, 1.807) is 4.68 Å². The highest BCUT2D eigenvalue weighted by Gasteiger charge is 2.19. The summed E-state index contributed by atoms with van der Waals surface area (Å²) in [5.41, 5.74) is 0.0249. The maximum absolute atomic E-state index is 10.5. The van der Waals surface area contributed by atoms with Gasteiger partial charge in [0.1, 0.15) is 0 Å². The Morgan fingerprint density at radius 1 is 1.77 bits per heavy atom. The lowest BCUT2D eigenvalue weighted by Crippen LogP contribution is -2.08. The second-order valence-electron chi connectivity index (χ2n) is 2.91. The summed E-state index contributed by atoms with van der Waals surface area (Å²) in [5.74, 6) is 1.10. The predicted molar refractivity (Wildman–Crippen MR) is 48.0 cm³/mol. The Morgan fingerprint density at radius 2 is 2.62 bits per heavy atom. The summed E-state index contributed by atoms with van der Waals surface area (Å²) in [6.07, 6.45) is 2.55. The number of aromatic carboxylic acids is 1. The van der Waals surface area contributed by atoms with Gasteiger partial charge in [0.2, 0.25) is 0 Å². The van der Waals surface area contributed by atoms with Gasteiger partial charge in [0, 0.05) is 5.75 Å². The van der Waals surface area contributed by atoms with E-state index in [1.807, 2.05) is 11.8 Å². The van der Waals surface area contributed by atoms with Crippen LogP contribution in [0, 0.1) is 0 Å². The van der Waals surface area contributed by atoms with Crippen molar-refractivity contribution in [2.75, 3.05) is 11.5 Å². The van der Waals surface area contributed by atoms with E-state index in [0.717, 1.165) is 17.9 Å². The van der Waals surface area contributed by atoms with Gasteiger partial charge in [-0.3, -0.25) is 0 Å². The van der Waals surface area contributed by atoms with Crippen molar-refractivity contribution in [3.05, 3.63) is 11.9 Å². The van der Waals surface area contributed by atoms with E-state index in [2.05, 4.69) is 10.3 Å². The van der Waals surface area contributed by atoms with Crippen LogP contribution in [0.1, 0.15) is 23.0 Å². The van der Waals surface area contributed by atoms with Crippen molar-refractivity contribution >= 4 is 17.7 Å².